The molecule has 0 aromatic heterocycles. The molecule has 0 aliphatic heterocycles. The van der Waals surface area contributed by atoms with Crippen molar-refractivity contribution in [3.8, 4) is 5.75 Å². The minimum absolute atomic E-state index is 0.321. The first-order valence-corrected chi connectivity index (χ1v) is 7.01. The highest BCUT2D eigenvalue weighted by molar-refractivity contribution is 5.35. The lowest BCUT2D eigenvalue weighted by Gasteiger charge is -2.20. The third-order valence-electron chi connectivity index (χ3n) is 3.44. The Labute approximate surface area is 117 Å². The van der Waals surface area contributed by atoms with Gasteiger partial charge in [0.05, 0.1) is 0 Å². The van der Waals surface area contributed by atoms with Crippen LogP contribution in [-0.2, 0) is 0 Å². The van der Waals surface area contributed by atoms with E-state index in [1.54, 1.807) is 0 Å². The van der Waals surface area contributed by atoms with Crippen LogP contribution in [0.25, 0.3) is 0 Å². The molecule has 3 heteroatoms. The maximum atomic E-state index is 9.90. The van der Waals surface area contributed by atoms with Crippen LogP contribution in [-0.4, -0.2) is 30.4 Å². The summed E-state index contributed by atoms with van der Waals surface area (Å²) in [5.74, 6) is 1.41. The predicted octanol–water partition coefficient (Wildman–Crippen LogP) is 2.68. The standard InChI is InChI=1S/C16H27NO2/c1-11(2)14(5)17-9-15(18)10-19-16-7-6-12(3)8-13(16)4/h6-8,11,14-15,17-18H,9-10H2,1-5H3/t14-,15-/m0/s1. The van der Waals surface area contributed by atoms with Crippen LogP contribution in [0.15, 0.2) is 18.2 Å². The van der Waals surface area contributed by atoms with E-state index >= 15 is 0 Å². The topological polar surface area (TPSA) is 41.5 Å². The van der Waals surface area contributed by atoms with Crippen LogP contribution in [0, 0.1) is 19.8 Å². The Bertz CT molecular complexity index is 390. The summed E-state index contributed by atoms with van der Waals surface area (Å²) in [6.07, 6.45) is -0.484. The van der Waals surface area contributed by atoms with Gasteiger partial charge in [0.2, 0.25) is 0 Å². The Hall–Kier alpha value is -1.06. The van der Waals surface area contributed by atoms with Gasteiger partial charge in [-0.3, -0.25) is 0 Å². The molecule has 3 nitrogen and oxygen atoms in total. The lowest BCUT2D eigenvalue weighted by molar-refractivity contribution is 0.102. The maximum Gasteiger partial charge on any atom is 0.122 e. The molecule has 0 aliphatic rings. The van der Waals surface area contributed by atoms with Gasteiger partial charge in [0.1, 0.15) is 18.5 Å². The normalized spacial score (nSPS) is 14.5. The highest BCUT2D eigenvalue weighted by atomic mass is 16.5. The van der Waals surface area contributed by atoms with E-state index in [1.165, 1.54) is 5.56 Å². The predicted molar refractivity (Wildman–Crippen MR) is 79.7 cm³/mol. The van der Waals surface area contributed by atoms with Crippen molar-refractivity contribution in [2.45, 2.75) is 46.8 Å². The summed E-state index contributed by atoms with van der Waals surface area (Å²) in [4.78, 5) is 0. The van der Waals surface area contributed by atoms with E-state index in [1.807, 2.05) is 19.1 Å². The smallest absolute Gasteiger partial charge is 0.122 e. The zero-order valence-electron chi connectivity index (χ0n) is 12.7. The van der Waals surface area contributed by atoms with E-state index in [-0.39, 0.29) is 0 Å². The maximum absolute atomic E-state index is 9.90. The quantitative estimate of drug-likeness (QED) is 0.796. The number of nitrogens with one attached hydrogen (secondary N) is 1. The van der Waals surface area contributed by atoms with Gasteiger partial charge in [0.15, 0.2) is 0 Å². The highest BCUT2D eigenvalue weighted by Gasteiger charge is 2.10. The van der Waals surface area contributed by atoms with Crippen LogP contribution >= 0.6 is 0 Å². The zero-order chi connectivity index (χ0) is 14.4. The molecular weight excluding hydrogens is 238 g/mol. The molecule has 2 atom stereocenters. The Morgan fingerprint density at radius 3 is 2.47 bits per heavy atom. The summed E-state index contributed by atoms with van der Waals surface area (Å²) in [7, 11) is 0. The molecule has 0 radical (unpaired) electrons. The summed E-state index contributed by atoms with van der Waals surface area (Å²) in [6, 6.07) is 6.46. The average molecular weight is 265 g/mol. The highest BCUT2D eigenvalue weighted by Crippen LogP contribution is 2.18. The van der Waals surface area contributed by atoms with E-state index in [2.05, 4.69) is 39.1 Å². The third-order valence-corrected chi connectivity index (χ3v) is 3.44. The van der Waals surface area contributed by atoms with Crippen LogP contribution in [0.2, 0.25) is 0 Å². The Morgan fingerprint density at radius 2 is 1.89 bits per heavy atom. The lowest BCUT2D eigenvalue weighted by atomic mass is 10.1. The first kappa shape index (κ1) is 16.0. The first-order valence-electron chi connectivity index (χ1n) is 7.01. The minimum atomic E-state index is -0.484. The fourth-order valence-corrected chi connectivity index (χ4v) is 1.76. The molecule has 2 N–H and O–H groups in total. The van der Waals surface area contributed by atoms with Crippen molar-refractivity contribution in [2.24, 2.45) is 5.92 Å². The largest absolute Gasteiger partial charge is 0.491 e. The average Bonchev–Trinajstić information content (AvgIpc) is 2.34. The molecular formula is C16H27NO2. The molecule has 0 saturated heterocycles. The molecule has 0 aliphatic carbocycles. The van der Waals surface area contributed by atoms with Gasteiger partial charge in [-0.25, -0.2) is 0 Å². The first-order chi connectivity index (χ1) is 8.90. The number of aliphatic hydroxyl groups is 1. The van der Waals surface area contributed by atoms with Crippen LogP contribution < -0.4 is 10.1 Å². The summed E-state index contributed by atoms with van der Waals surface area (Å²) >= 11 is 0. The summed E-state index contributed by atoms with van der Waals surface area (Å²) in [5, 5.41) is 13.2. The van der Waals surface area contributed by atoms with Gasteiger partial charge in [-0.15, -0.1) is 0 Å². The summed E-state index contributed by atoms with van der Waals surface area (Å²) in [6.45, 7) is 11.4. The number of benzene rings is 1. The fourth-order valence-electron chi connectivity index (χ4n) is 1.76. The van der Waals surface area contributed by atoms with Crippen molar-refractivity contribution in [3.63, 3.8) is 0 Å². The molecule has 0 amide bonds. The van der Waals surface area contributed by atoms with E-state index in [0.29, 0.717) is 25.1 Å². The van der Waals surface area contributed by atoms with E-state index in [0.717, 1.165) is 11.3 Å². The SMILES string of the molecule is Cc1ccc(OC[C@@H](O)CN[C@@H](C)C(C)C)c(C)c1. The van der Waals surface area contributed by atoms with Crippen molar-refractivity contribution in [1.29, 1.82) is 0 Å². The van der Waals surface area contributed by atoms with E-state index in [4.69, 9.17) is 4.74 Å². The van der Waals surface area contributed by atoms with Gasteiger partial charge >= 0.3 is 0 Å². The number of hydrogen-bond donors (Lipinski definition) is 2. The lowest BCUT2D eigenvalue weighted by Crippen LogP contribution is -2.39. The summed E-state index contributed by atoms with van der Waals surface area (Å²) < 4.78 is 5.66. The van der Waals surface area contributed by atoms with Gasteiger partial charge in [0, 0.05) is 12.6 Å². The molecule has 0 fully saturated rings. The number of ether oxygens (including phenoxy) is 1. The van der Waals surface area contributed by atoms with Crippen molar-refractivity contribution >= 4 is 0 Å². The zero-order valence-corrected chi connectivity index (χ0v) is 12.7. The van der Waals surface area contributed by atoms with Crippen LogP contribution in [0.1, 0.15) is 31.9 Å². The van der Waals surface area contributed by atoms with Gasteiger partial charge < -0.3 is 15.2 Å². The van der Waals surface area contributed by atoms with Crippen LogP contribution in [0.5, 0.6) is 5.75 Å². The fraction of sp³-hybridized carbons (Fsp3) is 0.625. The second-order valence-corrected chi connectivity index (χ2v) is 5.67. The van der Waals surface area contributed by atoms with Crippen LogP contribution in [0.4, 0.5) is 0 Å². The third kappa shape index (κ3) is 5.62. The van der Waals surface area contributed by atoms with Crippen molar-refractivity contribution < 1.29 is 9.84 Å². The molecule has 19 heavy (non-hydrogen) atoms. The molecule has 1 aromatic carbocycles. The Morgan fingerprint density at radius 1 is 1.21 bits per heavy atom. The van der Waals surface area contributed by atoms with Gasteiger partial charge in [0.25, 0.3) is 0 Å². The molecule has 0 bridgehead atoms. The van der Waals surface area contributed by atoms with Crippen molar-refractivity contribution in [2.75, 3.05) is 13.2 Å². The molecule has 0 heterocycles. The molecule has 1 aromatic rings. The number of hydrogen-bond acceptors (Lipinski definition) is 3. The number of aryl methyl sites for hydroxylation is 2. The van der Waals surface area contributed by atoms with Gasteiger partial charge in [-0.1, -0.05) is 31.5 Å². The molecule has 1 rings (SSSR count). The second kappa shape index (κ2) is 7.51. The molecule has 0 spiro atoms. The molecule has 108 valence electrons. The Kier molecular flexibility index (Phi) is 6.32. The van der Waals surface area contributed by atoms with Crippen molar-refractivity contribution in [1.82, 2.24) is 5.32 Å². The minimum Gasteiger partial charge on any atom is -0.491 e. The number of aliphatic hydroxyl groups excluding tert-OH is 1. The van der Waals surface area contributed by atoms with Crippen LogP contribution in [0.3, 0.4) is 0 Å². The monoisotopic (exact) mass is 265 g/mol. The van der Waals surface area contributed by atoms with E-state index in [9.17, 15) is 5.11 Å². The van der Waals surface area contributed by atoms with Crippen molar-refractivity contribution in [3.05, 3.63) is 29.3 Å². The molecule has 0 unspecified atom stereocenters. The summed E-state index contributed by atoms with van der Waals surface area (Å²) in [5.41, 5.74) is 2.33. The van der Waals surface area contributed by atoms with E-state index < -0.39 is 6.10 Å². The number of rotatable bonds is 7. The Balaban J connectivity index is 2.35. The molecule has 0 saturated carbocycles. The van der Waals surface area contributed by atoms with Gasteiger partial charge in [-0.05, 0) is 38.3 Å². The van der Waals surface area contributed by atoms with Gasteiger partial charge in [-0.2, -0.15) is 0 Å². The second-order valence-electron chi connectivity index (χ2n) is 5.67.